The largest absolute Gasteiger partial charge is 0.496 e. The summed E-state index contributed by atoms with van der Waals surface area (Å²) in [5, 5.41) is 3.76. The fourth-order valence-electron chi connectivity index (χ4n) is 2.40. The molecule has 0 aromatic heterocycles. The average molecular weight is 364 g/mol. The summed E-state index contributed by atoms with van der Waals surface area (Å²) >= 11 is 7.45. The van der Waals surface area contributed by atoms with Crippen molar-refractivity contribution in [3.63, 3.8) is 0 Å². The van der Waals surface area contributed by atoms with Crippen LogP contribution in [-0.2, 0) is 10.5 Å². The zero-order chi connectivity index (χ0) is 17.5. The van der Waals surface area contributed by atoms with Gasteiger partial charge in [-0.1, -0.05) is 41.4 Å². The van der Waals surface area contributed by atoms with Crippen molar-refractivity contribution in [1.29, 1.82) is 0 Å². The number of halogens is 1. The molecule has 0 saturated carbocycles. The molecule has 1 unspecified atom stereocenters. The second-order valence-electron chi connectivity index (χ2n) is 5.65. The second kappa shape index (κ2) is 9.00. The minimum atomic E-state index is -0.0940. The van der Waals surface area contributed by atoms with Gasteiger partial charge in [0.2, 0.25) is 5.91 Å². The Balaban J connectivity index is 1.85. The summed E-state index contributed by atoms with van der Waals surface area (Å²) in [6.07, 6.45) is 0. The van der Waals surface area contributed by atoms with Crippen LogP contribution in [0.2, 0.25) is 5.02 Å². The Kier molecular flexibility index (Phi) is 7.00. The van der Waals surface area contributed by atoms with Crippen LogP contribution in [0.25, 0.3) is 0 Å². The summed E-state index contributed by atoms with van der Waals surface area (Å²) in [6.45, 7) is 4.00. The maximum Gasteiger partial charge on any atom is 0.230 e. The van der Waals surface area contributed by atoms with Gasteiger partial charge in [0.05, 0.1) is 18.9 Å². The molecule has 0 saturated heterocycles. The lowest BCUT2D eigenvalue weighted by molar-refractivity contribution is -0.119. The maximum absolute atomic E-state index is 12.2. The highest BCUT2D eigenvalue weighted by molar-refractivity contribution is 7.99. The Morgan fingerprint density at radius 1 is 1.25 bits per heavy atom. The lowest BCUT2D eigenvalue weighted by Crippen LogP contribution is -2.28. The van der Waals surface area contributed by atoms with Crippen LogP contribution in [-0.4, -0.2) is 18.8 Å². The normalized spacial score (nSPS) is 11.8. The number of methoxy groups -OCH3 is 1. The highest BCUT2D eigenvalue weighted by Gasteiger charge is 2.14. The van der Waals surface area contributed by atoms with Crippen molar-refractivity contribution in [3.05, 3.63) is 64.2 Å². The van der Waals surface area contributed by atoms with E-state index in [1.807, 2.05) is 56.3 Å². The lowest BCUT2D eigenvalue weighted by Gasteiger charge is -2.18. The number of thioether (sulfide) groups is 1. The molecule has 0 bridgehead atoms. The summed E-state index contributed by atoms with van der Waals surface area (Å²) in [7, 11) is 1.64. The smallest absolute Gasteiger partial charge is 0.230 e. The minimum Gasteiger partial charge on any atom is -0.496 e. The molecule has 2 aromatic rings. The number of carbonyl (C=O) groups is 1. The molecular formula is C19H22ClNO2S. The van der Waals surface area contributed by atoms with E-state index in [1.165, 1.54) is 0 Å². The van der Waals surface area contributed by atoms with E-state index in [0.29, 0.717) is 5.75 Å². The van der Waals surface area contributed by atoms with E-state index in [1.54, 1.807) is 18.9 Å². The first kappa shape index (κ1) is 18.7. The highest BCUT2D eigenvalue weighted by atomic mass is 35.5. The monoisotopic (exact) mass is 363 g/mol. The number of ether oxygens (including phenoxy) is 1. The van der Waals surface area contributed by atoms with Crippen LogP contribution >= 0.6 is 23.4 Å². The van der Waals surface area contributed by atoms with Gasteiger partial charge in [-0.2, -0.15) is 0 Å². The topological polar surface area (TPSA) is 38.3 Å². The van der Waals surface area contributed by atoms with Crippen LogP contribution in [0.5, 0.6) is 5.75 Å². The average Bonchev–Trinajstić information content (AvgIpc) is 2.56. The van der Waals surface area contributed by atoms with Crippen LogP contribution in [0.3, 0.4) is 0 Å². The second-order valence-corrected chi connectivity index (χ2v) is 7.08. The summed E-state index contributed by atoms with van der Waals surface area (Å²) in [6, 6.07) is 13.6. The van der Waals surface area contributed by atoms with Crippen molar-refractivity contribution >= 4 is 29.3 Å². The molecule has 1 atom stereocenters. The van der Waals surface area contributed by atoms with Crippen LogP contribution in [0, 0.1) is 6.92 Å². The van der Waals surface area contributed by atoms with E-state index in [9.17, 15) is 4.79 Å². The zero-order valence-electron chi connectivity index (χ0n) is 14.1. The van der Waals surface area contributed by atoms with E-state index in [2.05, 4.69) is 5.32 Å². The molecule has 128 valence electrons. The van der Waals surface area contributed by atoms with Gasteiger partial charge < -0.3 is 10.1 Å². The molecule has 24 heavy (non-hydrogen) atoms. The SMILES string of the molecule is COc1ccc(C)cc1C(C)NC(=O)CSCc1ccc(Cl)cc1. The number of hydrogen-bond acceptors (Lipinski definition) is 3. The molecular weight excluding hydrogens is 342 g/mol. The lowest BCUT2D eigenvalue weighted by atomic mass is 10.0. The molecule has 3 nitrogen and oxygen atoms in total. The first-order chi connectivity index (χ1) is 11.5. The number of carbonyl (C=O) groups excluding carboxylic acids is 1. The molecule has 1 amide bonds. The van der Waals surface area contributed by atoms with E-state index in [0.717, 1.165) is 33.2 Å². The quantitative estimate of drug-likeness (QED) is 0.770. The number of amides is 1. The molecule has 0 aliphatic rings. The summed E-state index contributed by atoms with van der Waals surface area (Å²) in [4.78, 5) is 12.2. The Bertz CT molecular complexity index is 688. The van der Waals surface area contributed by atoms with Crippen LogP contribution < -0.4 is 10.1 Å². The molecule has 2 aromatic carbocycles. The van der Waals surface area contributed by atoms with E-state index < -0.39 is 0 Å². The standard InChI is InChI=1S/C19H22ClNO2S/c1-13-4-9-18(23-3)17(10-13)14(2)21-19(22)12-24-11-15-5-7-16(20)8-6-15/h4-10,14H,11-12H2,1-3H3,(H,21,22). The van der Waals surface area contributed by atoms with Crippen molar-refractivity contribution in [2.75, 3.05) is 12.9 Å². The van der Waals surface area contributed by atoms with Crippen LogP contribution in [0.1, 0.15) is 29.7 Å². The predicted molar refractivity (Wildman–Crippen MR) is 102 cm³/mol. The van der Waals surface area contributed by atoms with Gasteiger partial charge in [0.1, 0.15) is 5.75 Å². The van der Waals surface area contributed by atoms with Crippen LogP contribution in [0.15, 0.2) is 42.5 Å². The van der Waals surface area contributed by atoms with Crippen LogP contribution in [0.4, 0.5) is 0 Å². The molecule has 0 heterocycles. The molecule has 5 heteroatoms. The molecule has 0 aliphatic carbocycles. The fraction of sp³-hybridized carbons (Fsp3) is 0.316. The van der Waals surface area contributed by atoms with E-state index in [-0.39, 0.29) is 11.9 Å². The van der Waals surface area contributed by atoms with Gasteiger partial charge in [-0.3, -0.25) is 4.79 Å². The Labute approximate surface area is 152 Å². The number of nitrogens with one attached hydrogen (secondary N) is 1. The van der Waals surface area contributed by atoms with Gasteiger partial charge in [0, 0.05) is 16.3 Å². The summed E-state index contributed by atoms with van der Waals surface area (Å²) in [5.74, 6) is 2.01. The van der Waals surface area contributed by atoms with Gasteiger partial charge in [0.15, 0.2) is 0 Å². The van der Waals surface area contributed by atoms with Crippen molar-refractivity contribution < 1.29 is 9.53 Å². The Morgan fingerprint density at radius 3 is 2.62 bits per heavy atom. The molecule has 0 fully saturated rings. The Hall–Kier alpha value is -1.65. The van der Waals surface area contributed by atoms with Gasteiger partial charge in [-0.15, -0.1) is 11.8 Å². The zero-order valence-corrected chi connectivity index (χ0v) is 15.7. The third-order valence-electron chi connectivity index (χ3n) is 3.64. The molecule has 0 spiro atoms. The van der Waals surface area contributed by atoms with Gasteiger partial charge >= 0.3 is 0 Å². The summed E-state index contributed by atoms with van der Waals surface area (Å²) in [5.41, 5.74) is 3.29. The number of aryl methyl sites for hydroxylation is 1. The first-order valence-electron chi connectivity index (χ1n) is 7.75. The third-order valence-corrected chi connectivity index (χ3v) is 4.90. The predicted octanol–water partition coefficient (Wildman–Crippen LogP) is 4.77. The first-order valence-corrected chi connectivity index (χ1v) is 9.29. The highest BCUT2D eigenvalue weighted by Crippen LogP contribution is 2.26. The molecule has 0 aliphatic heterocycles. The molecule has 1 N–H and O–H groups in total. The van der Waals surface area contributed by atoms with Crippen molar-refractivity contribution in [3.8, 4) is 5.75 Å². The molecule has 0 radical (unpaired) electrons. The third kappa shape index (κ3) is 5.46. The van der Waals surface area contributed by atoms with E-state index in [4.69, 9.17) is 16.3 Å². The molecule has 2 rings (SSSR count). The van der Waals surface area contributed by atoms with Crippen molar-refractivity contribution in [2.24, 2.45) is 0 Å². The van der Waals surface area contributed by atoms with Gasteiger partial charge in [-0.25, -0.2) is 0 Å². The van der Waals surface area contributed by atoms with Crippen molar-refractivity contribution in [1.82, 2.24) is 5.32 Å². The Morgan fingerprint density at radius 2 is 1.96 bits per heavy atom. The minimum absolute atomic E-state index is 0.0185. The summed E-state index contributed by atoms with van der Waals surface area (Å²) < 4.78 is 5.38. The number of rotatable bonds is 7. The van der Waals surface area contributed by atoms with Crippen molar-refractivity contribution in [2.45, 2.75) is 25.6 Å². The number of benzene rings is 2. The van der Waals surface area contributed by atoms with Gasteiger partial charge in [-0.05, 0) is 37.6 Å². The van der Waals surface area contributed by atoms with Gasteiger partial charge in [0.25, 0.3) is 0 Å². The fourth-order valence-corrected chi connectivity index (χ4v) is 3.32. The number of hydrogen-bond donors (Lipinski definition) is 1. The maximum atomic E-state index is 12.2. The van der Waals surface area contributed by atoms with E-state index >= 15 is 0 Å².